The summed E-state index contributed by atoms with van der Waals surface area (Å²) < 4.78 is 26.1. The summed E-state index contributed by atoms with van der Waals surface area (Å²) in [5, 5.41) is 3.95. The Hall–Kier alpha value is -2.83. The number of aromatic nitrogens is 2. The number of ether oxygens (including phenoxy) is 2. The van der Waals surface area contributed by atoms with E-state index in [1.165, 1.54) is 6.33 Å². The first-order chi connectivity index (χ1) is 12.1. The highest BCUT2D eigenvalue weighted by molar-refractivity contribution is 7.32. The van der Waals surface area contributed by atoms with Crippen molar-refractivity contribution >= 4 is 30.7 Å². The second-order valence-corrected chi connectivity index (χ2v) is 5.70. The number of hydrogen-bond acceptors (Lipinski definition) is 7. The Labute approximate surface area is 144 Å². The van der Waals surface area contributed by atoms with E-state index in [0.717, 1.165) is 11.1 Å². The molecular weight excluding hydrogens is 345 g/mol. The van der Waals surface area contributed by atoms with Gasteiger partial charge in [0.05, 0.1) is 19.7 Å². The molecule has 0 spiro atoms. The molecule has 0 fully saturated rings. The molecular formula is C16H16N3O5P. The minimum Gasteiger partial charge on any atom is -0.493 e. The van der Waals surface area contributed by atoms with Gasteiger partial charge in [-0.15, -0.1) is 0 Å². The number of nitrogens with zero attached hydrogens (tertiary/aromatic N) is 2. The third kappa shape index (κ3) is 3.81. The van der Waals surface area contributed by atoms with Gasteiger partial charge < -0.3 is 24.2 Å². The first-order valence-electron chi connectivity index (χ1n) is 7.25. The van der Waals surface area contributed by atoms with E-state index in [4.69, 9.17) is 18.9 Å². The molecule has 25 heavy (non-hydrogen) atoms. The molecule has 0 aliphatic rings. The molecule has 1 unspecified atom stereocenters. The van der Waals surface area contributed by atoms with Crippen LogP contribution in [0.2, 0.25) is 0 Å². The van der Waals surface area contributed by atoms with Crippen LogP contribution in [0.4, 0.5) is 11.5 Å². The molecule has 2 N–H and O–H groups in total. The quantitative estimate of drug-likeness (QED) is 0.646. The minimum absolute atomic E-state index is 0.316. The van der Waals surface area contributed by atoms with E-state index in [1.807, 2.05) is 0 Å². The third-order valence-corrected chi connectivity index (χ3v) is 3.87. The lowest BCUT2D eigenvalue weighted by molar-refractivity contribution is 0.356. The molecule has 0 saturated heterocycles. The van der Waals surface area contributed by atoms with E-state index in [9.17, 15) is 4.57 Å². The molecule has 0 bridgehead atoms. The molecule has 0 aliphatic heterocycles. The smallest absolute Gasteiger partial charge is 0.365 e. The van der Waals surface area contributed by atoms with Crippen molar-refractivity contribution < 1.29 is 23.5 Å². The number of rotatable bonds is 6. The molecule has 3 rings (SSSR count). The zero-order valence-corrected chi connectivity index (χ0v) is 14.5. The molecule has 0 saturated carbocycles. The van der Waals surface area contributed by atoms with E-state index in [2.05, 4.69) is 15.3 Å². The summed E-state index contributed by atoms with van der Waals surface area (Å²) in [7, 11) is 0.109. The SMILES string of the molecule is COc1cc2ncnc(Nc3ccc(O[PH](=O)O)cc3)c2cc1OC. The van der Waals surface area contributed by atoms with Crippen molar-refractivity contribution in [1.82, 2.24) is 9.97 Å². The van der Waals surface area contributed by atoms with E-state index in [1.54, 1.807) is 50.6 Å². The number of hydrogen-bond donors (Lipinski definition) is 2. The molecule has 9 heteroatoms. The van der Waals surface area contributed by atoms with Crippen molar-refractivity contribution in [3.05, 3.63) is 42.7 Å². The molecule has 8 nitrogen and oxygen atoms in total. The van der Waals surface area contributed by atoms with Gasteiger partial charge in [-0.05, 0) is 30.3 Å². The first kappa shape index (κ1) is 17.0. The van der Waals surface area contributed by atoms with Gasteiger partial charge in [-0.2, -0.15) is 0 Å². The van der Waals surface area contributed by atoms with Crippen molar-refractivity contribution in [2.24, 2.45) is 0 Å². The Morgan fingerprint density at radius 3 is 2.36 bits per heavy atom. The minimum atomic E-state index is -3.02. The second kappa shape index (κ2) is 7.38. The van der Waals surface area contributed by atoms with Gasteiger partial charge in [-0.25, -0.2) is 14.5 Å². The average Bonchev–Trinajstić information content (AvgIpc) is 2.62. The van der Waals surface area contributed by atoms with Crippen LogP contribution in [0.25, 0.3) is 10.9 Å². The number of nitrogens with one attached hydrogen (secondary N) is 1. The summed E-state index contributed by atoms with van der Waals surface area (Å²) in [6.45, 7) is 0. The van der Waals surface area contributed by atoms with Crippen LogP contribution < -0.4 is 19.3 Å². The van der Waals surface area contributed by atoms with Gasteiger partial charge in [0.1, 0.15) is 17.9 Å². The zero-order chi connectivity index (χ0) is 17.8. The molecule has 2 aromatic carbocycles. The zero-order valence-electron chi connectivity index (χ0n) is 13.5. The number of anilines is 2. The van der Waals surface area contributed by atoms with Crippen LogP contribution >= 0.6 is 8.25 Å². The van der Waals surface area contributed by atoms with Gasteiger partial charge in [-0.3, -0.25) is 0 Å². The predicted molar refractivity (Wildman–Crippen MR) is 94.2 cm³/mol. The van der Waals surface area contributed by atoms with E-state index >= 15 is 0 Å². The fraction of sp³-hybridized carbons (Fsp3) is 0.125. The summed E-state index contributed by atoms with van der Waals surface area (Å²) in [6.07, 6.45) is 1.45. The van der Waals surface area contributed by atoms with Gasteiger partial charge in [0.25, 0.3) is 0 Å². The predicted octanol–water partition coefficient (Wildman–Crippen LogP) is 3.15. The van der Waals surface area contributed by atoms with E-state index in [-0.39, 0.29) is 0 Å². The first-order valence-corrected chi connectivity index (χ1v) is 8.51. The molecule has 130 valence electrons. The fourth-order valence-corrected chi connectivity index (χ4v) is 2.66. The van der Waals surface area contributed by atoms with E-state index in [0.29, 0.717) is 28.6 Å². The molecule has 3 aromatic rings. The second-order valence-electron chi connectivity index (χ2n) is 4.96. The van der Waals surface area contributed by atoms with Crippen LogP contribution in [0.1, 0.15) is 0 Å². The highest BCUT2D eigenvalue weighted by Crippen LogP contribution is 2.34. The maximum Gasteiger partial charge on any atom is 0.365 e. The summed E-state index contributed by atoms with van der Waals surface area (Å²) >= 11 is 0. The summed E-state index contributed by atoms with van der Waals surface area (Å²) in [6, 6.07) is 10.2. The van der Waals surface area contributed by atoms with Gasteiger partial charge in [0.15, 0.2) is 11.5 Å². The van der Waals surface area contributed by atoms with Crippen LogP contribution in [0.15, 0.2) is 42.7 Å². The molecule has 1 aromatic heterocycles. The highest BCUT2D eigenvalue weighted by Gasteiger charge is 2.11. The van der Waals surface area contributed by atoms with Gasteiger partial charge in [-0.1, -0.05) is 0 Å². The lowest BCUT2D eigenvalue weighted by Gasteiger charge is -2.12. The number of fused-ring (bicyclic) bond motifs is 1. The number of methoxy groups -OCH3 is 2. The highest BCUT2D eigenvalue weighted by atomic mass is 31.1. The lowest BCUT2D eigenvalue weighted by atomic mass is 10.2. The van der Waals surface area contributed by atoms with Crippen LogP contribution in [0.5, 0.6) is 17.2 Å². The van der Waals surface area contributed by atoms with Crippen LogP contribution in [-0.4, -0.2) is 29.1 Å². The topological polar surface area (TPSA) is 103 Å². The monoisotopic (exact) mass is 361 g/mol. The standard InChI is InChI=1S/C16H16N3O5P/c1-22-14-7-12-13(8-15(14)23-2)17-9-18-16(12)19-10-3-5-11(6-4-10)24-25(20)21/h3-9,25H,1-2H3,(H,20,21)(H,17,18,19). The largest absolute Gasteiger partial charge is 0.493 e. The normalized spacial score (nSPS) is 11.8. The molecule has 0 aliphatic carbocycles. The Morgan fingerprint density at radius 2 is 1.72 bits per heavy atom. The van der Waals surface area contributed by atoms with Crippen LogP contribution in [0.3, 0.4) is 0 Å². The summed E-state index contributed by atoms with van der Waals surface area (Å²) in [5.41, 5.74) is 1.44. The van der Waals surface area contributed by atoms with Crippen molar-refractivity contribution in [3.8, 4) is 17.2 Å². The molecule has 0 amide bonds. The molecule has 1 heterocycles. The summed E-state index contributed by atoms with van der Waals surface area (Å²) in [5.74, 6) is 2.07. The van der Waals surface area contributed by atoms with Gasteiger partial charge in [0, 0.05) is 17.1 Å². The summed E-state index contributed by atoms with van der Waals surface area (Å²) in [4.78, 5) is 17.3. The Balaban J connectivity index is 1.94. The Bertz CT molecular complexity index is 918. The maximum absolute atomic E-state index is 10.7. The average molecular weight is 361 g/mol. The third-order valence-electron chi connectivity index (χ3n) is 3.46. The van der Waals surface area contributed by atoms with Crippen molar-refractivity contribution in [2.45, 2.75) is 0 Å². The Kier molecular flexibility index (Phi) is 5.02. The van der Waals surface area contributed by atoms with Gasteiger partial charge >= 0.3 is 8.25 Å². The fourth-order valence-electron chi connectivity index (χ4n) is 2.33. The van der Waals surface area contributed by atoms with Gasteiger partial charge in [0.2, 0.25) is 0 Å². The van der Waals surface area contributed by atoms with Crippen LogP contribution in [0, 0.1) is 0 Å². The lowest BCUT2D eigenvalue weighted by Crippen LogP contribution is -1.98. The van der Waals surface area contributed by atoms with Crippen LogP contribution in [-0.2, 0) is 4.57 Å². The maximum atomic E-state index is 10.7. The Morgan fingerprint density at radius 1 is 1.04 bits per heavy atom. The van der Waals surface area contributed by atoms with Crippen molar-refractivity contribution in [2.75, 3.05) is 19.5 Å². The molecule has 0 radical (unpaired) electrons. The number of benzene rings is 2. The van der Waals surface area contributed by atoms with Crippen molar-refractivity contribution in [3.63, 3.8) is 0 Å². The molecule has 1 atom stereocenters. The van der Waals surface area contributed by atoms with Crippen molar-refractivity contribution in [1.29, 1.82) is 0 Å². The van der Waals surface area contributed by atoms with E-state index < -0.39 is 8.25 Å².